The van der Waals surface area contributed by atoms with Gasteiger partial charge in [0.2, 0.25) is 0 Å². The normalized spacial score (nSPS) is 16.3. The van der Waals surface area contributed by atoms with E-state index in [9.17, 15) is 4.79 Å². The summed E-state index contributed by atoms with van der Waals surface area (Å²) in [5.41, 5.74) is 4.23. The molecule has 31 heavy (non-hydrogen) atoms. The molecule has 1 aliphatic heterocycles. The maximum absolute atomic E-state index is 12.8. The first-order valence-electron chi connectivity index (χ1n) is 10.6. The molecule has 9 heteroatoms. The van der Waals surface area contributed by atoms with E-state index < -0.39 is 0 Å². The number of nitrogens with zero attached hydrogens (tertiary/aromatic N) is 5. The second kappa shape index (κ2) is 8.26. The van der Waals surface area contributed by atoms with Crippen LogP contribution in [0.2, 0.25) is 5.02 Å². The van der Waals surface area contributed by atoms with E-state index in [1.54, 1.807) is 25.3 Å². The first-order chi connectivity index (χ1) is 15.1. The van der Waals surface area contributed by atoms with Gasteiger partial charge in [0.25, 0.3) is 0 Å². The highest BCUT2D eigenvalue weighted by Gasteiger charge is 2.26. The molecule has 0 atom stereocenters. The molecule has 0 bridgehead atoms. The van der Waals surface area contributed by atoms with Gasteiger partial charge >= 0.3 is 6.03 Å². The number of carbonyl (C=O) groups is 1. The number of hydrogen-bond acceptors (Lipinski definition) is 5. The minimum Gasteiger partial charge on any atom is -0.495 e. The molecule has 1 N–H and O–H groups in total. The van der Waals surface area contributed by atoms with Gasteiger partial charge in [0.15, 0.2) is 5.82 Å². The summed E-state index contributed by atoms with van der Waals surface area (Å²) in [6.07, 6.45) is 8.23. The molecule has 0 unspecified atom stereocenters. The van der Waals surface area contributed by atoms with Crippen LogP contribution in [0.1, 0.15) is 24.1 Å². The second-order valence-corrected chi connectivity index (χ2v) is 8.36. The predicted octanol–water partition coefficient (Wildman–Crippen LogP) is 3.62. The Balaban J connectivity index is 1.30. The molecule has 162 valence electrons. The fourth-order valence-electron chi connectivity index (χ4n) is 4.47. The van der Waals surface area contributed by atoms with Gasteiger partial charge in [0.1, 0.15) is 11.3 Å². The number of halogens is 1. The molecule has 1 saturated heterocycles. The molecule has 1 aliphatic carbocycles. The minimum atomic E-state index is -0.159. The summed E-state index contributed by atoms with van der Waals surface area (Å²) in [6, 6.07) is 5.02. The molecule has 3 aromatic rings. The highest BCUT2D eigenvalue weighted by molar-refractivity contribution is 6.31. The van der Waals surface area contributed by atoms with Crippen LogP contribution in [0.4, 0.5) is 16.3 Å². The topological polar surface area (TPSA) is 75.0 Å². The summed E-state index contributed by atoms with van der Waals surface area (Å²) < 4.78 is 7.30. The molecule has 1 fully saturated rings. The Morgan fingerprint density at radius 3 is 2.77 bits per heavy atom. The van der Waals surface area contributed by atoms with Gasteiger partial charge in [-0.05, 0) is 43.9 Å². The van der Waals surface area contributed by atoms with Crippen LogP contribution in [0, 0.1) is 0 Å². The van der Waals surface area contributed by atoms with E-state index in [4.69, 9.17) is 26.4 Å². The number of aryl methyl sites for hydroxylation is 2. The minimum absolute atomic E-state index is 0.159. The fourth-order valence-corrected chi connectivity index (χ4v) is 4.64. The number of rotatable bonds is 3. The number of carbonyl (C=O) groups excluding carboxylic acids is 1. The van der Waals surface area contributed by atoms with Gasteiger partial charge in [-0.1, -0.05) is 11.6 Å². The summed E-state index contributed by atoms with van der Waals surface area (Å²) in [5, 5.41) is 8.24. The molecule has 2 aromatic heterocycles. The van der Waals surface area contributed by atoms with Gasteiger partial charge in [-0.15, -0.1) is 0 Å². The van der Waals surface area contributed by atoms with Crippen molar-refractivity contribution in [1.82, 2.24) is 19.5 Å². The van der Waals surface area contributed by atoms with Crippen molar-refractivity contribution >= 4 is 34.7 Å². The van der Waals surface area contributed by atoms with Crippen molar-refractivity contribution in [2.24, 2.45) is 0 Å². The van der Waals surface area contributed by atoms with E-state index in [1.165, 1.54) is 24.1 Å². The quantitative estimate of drug-likeness (QED) is 0.673. The summed E-state index contributed by atoms with van der Waals surface area (Å²) in [6.45, 7) is 2.64. The van der Waals surface area contributed by atoms with Crippen molar-refractivity contribution in [2.45, 2.75) is 25.7 Å². The van der Waals surface area contributed by atoms with Crippen molar-refractivity contribution < 1.29 is 9.53 Å². The van der Waals surface area contributed by atoms with Crippen LogP contribution in [0.25, 0.3) is 5.52 Å². The lowest BCUT2D eigenvalue weighted by Crippen LogP contribution is -2.50. The Morgan fingerprint density at radius 2 is 1.97 bits per heavy atom. The van der Waals surface area contributed by atoms with Crippen LogP contribution < -0.4 is 15.0 Å². The van der Waals surface area contributed by atoms with Gasteiger partial charge < -0.3 is 19.9 Å². The van der Waals surface area contributed by atoms with E-state index in [0.29, 0.717) is 42.6 Å². The lowest BCUT2D eigenvalue weighted by molar-refractivity contribution is 0.208. The van der Waals surface area contributed by atoms with Crippen LogP contribution >= 0.6 is 11.6 Å². The molecular weight excluding hydrogens is 416 g/mol. The van der Waals surface area contributed by atoms with Crippen molar-refractivity contribution in [1.29, 1.82) is 0 Å². The summed E-state index contributed by atoms with van der Waals surface area (Å²) in [4.78, 5) is 21.6. The van der Waals surface area contributed by atoms with Crippen LogP contribution in [0.3, 0.4) is 0 Å². The molecule has 2 aliphatic rings. The Hall–Kier alpha value is -3.00. The largest absolute Gasteiger partial charge is 0.495 e. The Labute approximate surface area is 185 Å². The Morgan fingerprint density at radius 1 is 1.16 bits per heavy atom. The van der Waals surface area contributed by atoms with Crippen molar-refractivity contribution in [3.63, 3.8) is 0 Å². The van der Waals surface area contributed by atoms with Crippen LogP contribution in [-0.4, -0.2) is 58.8 Å². The molecule has 0 saturated carbocycles. The highest BCUT2D eigenvalue weighted by atomic mass is 35.5. The number of piperazine rings is 1. The Bertz CT molecular complexity index is 1120. The van der Waals surface area contributed by atoms with Crippen molar-refractivity contribution in [3.05, 3.63) is 46.9 Å². The van der Waals surface area contributed by atoms with E-state index in [1.807, 2.05) is 21.8 Å². The van der Waals surface area contributed by atoms with Gasteiger partial charge in [0.05, 0.1) is 18.5 Å². The monoisotopic (exact) mass is 440 g/mol. The number of benzene rings is 1. The molecule has 0 spiro atoms. The third-order valence-corrected chi connectivity index (χ3v) is 6.30. The van der Waals surface area contributed by atoms with Gasteiger partial charge in [0, 0.05) is 49.2 Å². The fraction of sp³-hybridized carbons (Fsp3) is 0.409. The van der Waals surface area contributed by atoms with Gasteiger partial charge in [-0.2, -0.15) is 5.10 Å². The maximum atomic E-state index is 12.8. The lowest BCUT2D eigenvalue weighted by Gasteiger charge is -2.35. The standard InChI is InChI=1S/C22H25ClN6O2/c1-31-19-7-6-15(23)14-18(19)25-22(30)28-12-10-27(11-13-28)21-20-16-4-2-3-5-17(16)26-29(20)9-8-24-21/h6-9,14H,2-5,10-13H2,1H3,(H,25,30). The van der Waals surface area contributed by atoms with Crippen LogP contribution in [0.5, 0.6) is 5.75 Å². The summed E-state index contributed by atoms with van der Waals surface area (Å²) in [7, 11) is 1.57. The first-order valence-corrected chi connectivity index (χ1v) is 11.0. The molecule has 8 nitrogen and oxygen atoms in total. The number of amides is 2. The predicted molar refractivity (Wildman–Crippen MR) is 120 cm³/mol. The molecule has 0 radical (unpaired) electrons. The maximum Gasteiger partial charge on any atom is 0.322 e. The lowest BCUT2D eigenvalue weighted by atomic mass is 9.97. The van der Waals surface area contributed by atoms with Crippen LogP contribution in [-0.2, 0) is 12.8 Å². The van der Waals surface area contributed by atoms with Gasteiger partial charge in [-0.25, -0.2) is 14.3 Å². The average Bonchev–Trinajstić information content (AvgIpc) is 3.18. The summed E-state index contributed by atoms with van der Waals surface area (Å²) in [5.74, 6) is 1.55. The number of ether oxygens (including phenoxy) is 1. The Kier molecular flexibility index (Phi) is 5.31. The highest BCUT2D eigenvalue weighted by Crippen LogP contribution is 2.31. The molecule has 2 amide bonds. The zero-order valence-electron chi connectivity index (χ0n) is 17.5. The number of anilines is 2. The number of methoxy groups -OCH3 is 1. The smallest absolute Gasteiger partial charge is 0.322 e. The molecule has 3 heterocycles. The number of urea groups is 1. The number of hydrogen-bond donors (Lipinski definition) is 1. The third-order valence-electron chi connectivity index (χ3n) is 6.07. The third kappa shape index (κ3) is 3.76. The van der Waals surface area contributed by atoms with Crippen molar-refractivity contribution in [3.8, 4) is 5.75 Å². The number of nitrogens with one attached hydrogen (secondary N) is 1. The molecule has 5 rings (SSSR count). The first kappa shape index (κ1) is 19.9. The average molecular weight is 441 g/mol. The molecule has 1 aromatic carbocycles. The zero-order valence-corrected chi connectivity index (χ0v) is 18.2. The van der Waals surface area contributed by atoms with E-state index in [2.05, 4.69) is 10.2 Å². The van der Waals surface area contributed by atoms with Crippen molar-refractivity contribution in [2.75, 3.05) is 43.5 Å². The van der Waals surface area contributed by atoms with E-state index >= 15 is 0 Å². The van der Waals surface area contributed by atoms with Crippen LogP contribution in [0.15, 0.2) is 30.6 Å². The van der Waals surface area contributed by atoms with Gasteiger partial charge in [-0.3, -0.25) is 0 Å². The zero-order chi connectivity index (χ0) is 21.4. The SMILES string of the molecule is COc1ccc(Cl)cc1NC(=O)N1CCN(c2nccn3nc4c(c23)CCCC4)CC1. The number of aromatic nitrogens is 3. The van der Waals surface area contributed by atoms with E-state index in [-0.39, 0.29) is 6.03 Å². The molecular formula is C22H25ClN6O2. The second-order valence-electron chi connectivity index (χ2n) is 7.93. The van der Waals surface area contributed by atoms with E-state index in [0.717, 1.165) is 24.2 Å². The summed E-state index contributed by atoms with van der Waals surface area (Å²) >= 11 is 6.08. The number of fused-ring (bicyclic) bond motifs is 3.